The summed E-state index contributed by atoms with van der Waals surface area (Å²) in [4.78, 5) is 32.0. The Bertz CT molecular complexity index is 1220. The molecule has 4 rings (SSSR count). The molecule has 1 aliphatic heterocycles. The molecule has 2 heterocycles. The van der Waals surface area contributed by atoms with Gasteiger partial charge in [-0.15, -0.1) is 0 Å². The van der Waals surface area contributed by atoms with Crippen LogP contribution in [0.1, 0.15) is 37.9 Å². The molecule has 3 aromatic rings. The van der Waals surface area contributed by atoms with Gasteiger partial charge < -0.3 is 14.6 Å². The Balaban J connectivity index is 1.84. The number of aromatic nitrogens is 1. The number of amides is 1. The molecule has 1 unspecified atom stereocenters. The van der Waals surface area contributed by atoms with Gasteiger partial charge in [0.15, 0.2) is 0 Å². The number of carbonyl (C=O) groups is 2. The van der Waals surface area contributed by atoms with E-state index in [1.165, 1.54) is 4.90 Å². The van der Waals surface area contributed by atoms with Crippen molar-refractivity contribution in [3.63, 3.8) is 0 Å². The molecule has 174 valence electrons. The third kappa shape index (κ3) is 4.50. The summed E-state index contributed by atoms with van der Waals surface area (Å²) in [6, 6.07) is 16.4. The van der Waals surface area contributed by atoms with Crippen molar-refractivity contribution in [2.45, 2.75) is 32.9 Å². The molecule has 1 atom stereocenters. The van der Waals surface area contributed by atoms with E-state index >= 15 is 0 Å². The summed E-state index contributed by atoms with van der Waals surface area (Å²) < 4.78 is 11.2. The van der Waals surface area contributed by atoms with Gasteiger partial charge in [0.1, 0.15) is 17.3 Å². The van der Waals surface area contributed by atoms with Crippen molar-refractivity contribution in [3.8, 4) is 11.5 Å². The van der Waals surface area contributed by atoms with Crippen LogP contribution in [0.25, 0.3) is 5.76 Å². The number of pyridine rings is 1. The number of aliphatic hydroxyl groups excluding tert-OH is 1. The van der Waals surface area contributed by atoms with Crippen LogP contribution in [0.3, 0.4) is 0 Å². The molecule has 1 fully saturated rings. The van der Waals surface area contributed by atoms with Crippen LogP contribution in [-0.2, 0) is 9.59 Å². The van der Waals surface area contributed by atoms with Crippen LogP contribution >= 0.6 is 0 Å². The minimum absolute atomic E-state index is 0.00246. The third-order valence-electron chi connectivity index (χ3n) is 5.35. The molecule has 2 aromatic carbocycles. The molecule has 1 N–H and O–H groups in total. The van der Waals surface area contributed by atoms with E-state index in [-0.39, 0.29) is 17.4 Å². The van der Waals surface area contributed by atoms with Gasteiger partial charge in [0.2, 0.25) is 0 Å². The lowest BCUT2D eigenvalue weighted by Crippen LogP contribution is -2.29. The minimum atomic E-state index is -0.850. The smallest absolute Gasteiger partial charge is 0.300 e. The highest BCUT2D eigenvalue weighted by atomic mass is 16.5. The van der Waals surface area contributed by atoms with Gasteiger partial charge in [-0.25, -0.2) is 0 Å². The van der Waals surface area contributed by atoms with Crippen LogP contribution in [-0.4, -0.2) is 34.5 Å². The van der Waals surface area contributed by atoms with Gasteiger partial charge in [-0.05, 0) is 68.8 Å². The normalized spacial score (nSPS) is 17.3. The first kappa shape index (κ1) is 23.0. The van der Waals surface area contributed by atoms with E-state index in [1.54, 1.807) is 73.1 Å². The number of Topliss-reactive ketones (excluding diaryl/α,β-unsaturated/α-hetero) is 1. The molecule has 34 heavy (non-hydrogen) atoms. The van der Waals surface area contributed by atoms with E-state index in [2.05, 4.69) is 4.98 Å². The Labute approximate surface area is 198 Å². The van der Waals surface area contributed by atoms with E-state index in [1.807, 2.05) is 20.8 Å². The molecule has 7 nitrogen and oxygen atoms in total. The molecule has 0 saturated carbocycles. The van der Waals surface area contributed by atoms with Crippen molar-refractivity contribution in [1.29, 1.82) is 0 Å². The molecule has 1 aliphatic rings. The highest BCUT2D eigenvalue weighted by Gasteiger charge is 2.47. The summed E-state index contributed by atoms with van der Waals surface area (Å²) in [6.07, 6.45) is 3.20. The van der Waals surface area contributed by atoms with Gasteiger partial charge >= 0.3 is 0 Å². The lowest BCUT2D eigenvalue weighted by atomic mass is 9.96. The molecule has 1 saturated heterocycles. The van der Waals surface area contributed by atoms with Crippen molar-refractivity contribution in [2.75, 3.05) is 11.5 Å². The maximum Gasteiger partial charge on any atom is 0.300 e. The summed E-state index contributed by atoms with van der Waals surface area (Å²) in [5.74, 6) is -0.539. The second kappa shape index (κ2) is 9.79. The number of anilines is 1. The number of hydrogen-bond acceptors (Lipinski definition) is 6. The summed E-state index contributed by atoms with van der Waals surface area (Å²) >= 11 is 0. The Kier molecular flexibility index (Phi) is 6.63. The van der Waals surface area contributed by atoms with Gasteiger partial charge in [0, 0.05) is 29.7 Å². The first-order valence-electron chi connectivity index (χ1n) is 11.1. The summed E-state index contributed by atoms with van der Waals surface area (Å²) in [6.45, 7) is 6.17. The number of nitrogens with zero attached hydrogens (tertiary/aromatic N) is 2. The maximum atomic E-state index is 13.2. The Hall–Kier alpha value is -4.13. The SMILES string of the molecule is CCOc1cccc(N2C(=O)C(=O)/C(=C(/O)c3ccc(OC(C)C)cc3)C2c2cccnc2)c1. The summed E-state index contributed by atoms with van der Waals surface area (Å²) in [5, 5.41) is 11.2. The largest absolute Gasteiger partial charge is 0.507 e. The van der Waals surface area contributed by atoms with Crippen molar-refractivity contribution < 1.29 is 24.2 Å². The van der Waals surface area contributed by atoms with Crippen LogP contribution < -0.4 is 14.4 Å². The second-order valence-corrected chi connectivity index (χ2v) is 8.08. The highest BCUT2D eigenvalue weighted by molar-refractivity contribution is 6.51. The molecular weight excluding hydrogens is 432 g/mol. The third-order valence-corrected chi connectivity index (χ3v) is 5.35. The number of carbonyl (C=O) groups excluding carboxylic acids is 2. The van der Waals surface area contributed by atoms with Gasteiger partial charge in [0.05, 0.1) is 24.3 Å². The van der Waals surface area contributed by atoms with E-state index in [9.17, 15) is 14.7 Å². The molecule has 7 heteroatoms. The first-order valence-corrected chi connectivity index (χ1v) is 11.1. The standard InChI is InChI=1S/C27H26N2O5/c1-4-33-22-9-5-8-20(15-22)29-24(19-7-6-14-28-16-19)23(26(31)27(29)32)25(30)18-10-12-21(13-11-18)34-17(2)3/h5-17,24,30H,4H2,1-3H3/b25-23+. The molecular formula is C27H26N2O5. The second-order valence-electron chi connectivity index (χ2n) is 8.08. The van der Waals surface area contributed by atoms with Crippen LogP contribution in [0, 0.1) is 0 Å². The van der Waals surface area contributed by atoms with Crippen LogP contribution in [0.4, 0.5) is 5.69 Å². The van der Waals surface area contributed by atoms with Crippen LogP contribution in [0.5, 0.6) is 11.5 Å². The van der Waals surface area contributed by atoms with E-state index in [0.717, 1.165) is 0 Å². The van der Waals surface area contributed by atoms with Gasteiger partial charge in [-0.1, -0.05) is 12.1 Å². The summed E-state index contributed by atoms with van der Waals surface area (Å²) in [5.41, 5.74) is 1.50. The fraction of sp³-hybridized carbons (Fsp3) is 0.222. The number of ether oxygens (including phenoxy) is 2. The predicted molar refractivity (Wildman–Crippen MR) is 129 cm³/mol. The fourth-order valence-electron chi connectivity index (χ4n) is 3.96. The number of benzene rings is 2. The molecule has 1 aromatic heterocycles. The number of ketones is 1. The monoisotopic (exact) mass is 458 g/mol. The molecule has 0 bridgehead atoms. The van der Waals surface area contributed by atoms with Gasteiger partial charge in [-0.2, -0.15) is 0 Å². The van der Waals surface area contributed by atoms with Crippen LogP contribution in [0.15, 0.2) is 78.6 Å². The molecule has 0 aliphatic carbocycles. The average molecular weight is 459 g/mol. The zero-order valence-corrected chi connectivity index (χ0v) is 19.3. The number of aliphatic hydroxyl groups is 1. The van der Waals surface area contributed by atoms with Crippen molar-refractivity contribution in [1.82, 2.24) is 4.98 Å². The minimum Gasteiger partial charge on any atom is -0.507 e. The molecule has 1 amide bonds. The van der Waals surface area contributed by atoms with E-state index in [4.69, 9.17) is 9.47 Å². The van der Waals surface area contributed by atoms with E-state index < -0.39 is 17.7 Å². The van der Waals surface area contributed by atoms with E-state index in [0.29, 0.717) is 34.9 Å². The predicted octanol–water partition coefficient (Wildman–Crippen LogP) is 4.89. The van der Waals surface area contributed by atoms with Gasteiger partial charge in [0.25, 0.3) is 11.7 Å². The van der Waals surface area contributed by atoms with Crippen LogP contribution in [0.2, 0.25) is 0 Å². The van der Waals surface area contributed by atoms with Crippen molar-refractivity contribution in [3.05, 3.63) is 89.8 Å². The molecule has 0 radical (unpaired) electrons. The lowest BCUT2D eigenvalue weighted by Gasteiger charge is -2.25. The lowest BCUT2D eigenvalue weighted by molar-refractivity contribution is -0.132. The average Bonchev–Trinajstić information content (AvgIpc) is 3.10. The first-order chi connectivity index (χ1) is 16.4. The van der Waals surface area contributed by atoms with Gasteiger partial charge in [-0.3, -0.25) is 19.5 Å². The number of hydrogen-bond donors (Lipinski definition) is 1. The Morgan fingerprint density at radius 2 is 1.82 bits per heavy atom. The fourth-order valence-corrected chi connectivity index (χ4v) is 3.96. The number of rotatable bonds is 7. The van der Waals surface area contributed by atoms with Crippen molar-refractivity contribution in [2.24, 2.45) is 0 Å². The zero-order chi connectivity index (χ0) is 24.2. The Morgan fingerprint density at radius 3 is 2.47 bits per heavy atom. The molecule has 0 spiro atoms. The topological polar surface area (TPSA) is 89.0 Å². The van der Waals surface area contributed by atoms with Crippen molar-refractivity contribution >= 4 is 23.1 Å². The zero-order valence-electron chi connectivity index (χ0n) is 19.3. The quantitative estimate of drug-likeness (QED) is 0.308. The highest BCUT2D eigenvalue weighted by Crippen LogP contribution is 2.42. The summed E-state index contributed by atoms with van der Waals surface area (Å²) in [7, 11) is 0. The Morgan fingerprint density at radius 1 is 1.06 bits per heavy atom. The maximum absolute atomic E-state index is 13.2.